The number of nitrogens with one attached hydrogen (secondary N) is 1. The van der Waals surface area contributed by atoms with Gasteiger partial charge in [-0.15, -0.1) is 0 Å². The lowest BCUT2D eigenvalue weighted by molar-refractivity contribution is 0.510. The summed E-state index contributed by atoms with van der Waals surface area (Å²) in [7, 11) is 0. The van der Waals surface area contributed by atoms with Gasteiger partial charge in [-0.3, -0.25) is 0 Å². The number of fused-ring (bicyclic) bond motifs is 1. The molecule has 0 spiro atoms. The van der Waals surface area contributed by atoms with Crippen LogP contribution in [-0.2, 0) is 13.0 Å². The summed E-state index contributed by atoms with van der Waals surface area (Å²) in [5, 5.41) is 4.03. The summed E-state index contributed by atoms with van der Waals surface area (Å²) in [5.41, 5.74) is 1.90. The van der Waals surface area contributed by atoms with E-state index in [1.165, 1.54) is 6.07 Å². The van der Waals surface area contributed by atoms with Gasteiger partial charge in [0.05, 0.1) is 5.52 Å². The van der Waals surface area contributed by atoms with Gasteiger partial charge in [0.1, 0.15) is 5.52 Å². The first-order valence-electron chi connectivity index (χ1n) is 5.74. The maximum atomic E-state index is 13.9. The molecule has 0 aliphatic carbocycles. The van der Waals surface area contributed by atoms with E-state index in [1.54, 1.807) is 15.9 Å². The lowest BCUT2D eigenvalue weighted by atomic mass is 10.2. The number of aromatic nitrogens is 2. The molecule has 19 heavy (non-hydrogen) atoms. The highest BCUT2D eigenvalue weighted by Gasteiger charge is 2.13. The molecule has 0 atom stereocenters. The fourth-order valence-electron chi connectivity index (χ4n) is 2.08. The molecule has 0 aliphatic rings. The summed E-state index contributed by atoms with van der Waals surface area (Å²) in [6, 6.07) is 4.62. The van der Waals surface area contributed by atoms with Crippen LogP contribution in [0, 0.1) is 16.4 Å². The van der Waals surface area contributed by atoms with Gasteiger partial charge < -0.3 is 9.55 Å². The van der Waals surface area contributed by atoms with E-state index in [-0.39, 0.29) is 5.52 Å². The van der Waals surface area contributed by atoms with Crippen LogP contribution in [0.15, 0.2) is 29.0 Å². The molecule has 0 saturated heterocycles. The minimum Gasteiger partial charge on any atom is -0.330 e. The standard InChI is InChI=1S/C13H10F2N2S2/c14-9-1-2-10-12(11(9)15)17(13(18)16-10)5-3-8-4-6-19-7-8/h1-2,4,6-7H,3,5H2,(H,16,18). The van der Waals surface area contributed by atoms with Gasteiger partial charge in [0, 0.05) is 6.54 Å². The minimum absolute atomic E-state index is 0.209. The van der Waals surface area contributed by atoms with Crippen LogP contribution in [0.3, 0.4) is 0 Å². The van der Waals surface area contributed by atoms with Gasteiger partial charge in [0.2, 0.25) is 0 Å². The van der Waals surface area contributed by atoms with Crippen molar-refractivity contribution in [1.82, 2.24) is 9.55 Å². The Morgan fingerprint density at radius 1 is 1.26 bits per heavy atom. The van der Waals surface area contributed by atoms with Crippen LogP contribution >= 0.6 is 23.6 Å². The highest BCUT2D eigenvalue weighted by atomic mass is 32.1. The molecule has 2 heterocycles. The number of nitrogens with zero attached hydrogens (tertiary/aromatic N) is 1. The van der Waals surface area contributed by atoms with Crippen LogP contribution < -0.4 is 0 Å². The monoisotopic (exact) mass is 296 g/mol. The Hall–Kier alpha value is -1.53. The summed E-state index contributed by atoms with van der Waals surface area (Å²) in [6.07, 6.45) is 0.737. The van der Waals surface area contributed by atoms with Crippen molar-refractivity contribution in [3.63, 3.8) is 0 Å². The van der Waals surface area contributed by atoms with Crippen LogP contribution in [-0.4, -0.2) is 9.55 Å². The van der Waals surface area contributed by atoms with Crippen LogP contribution in [0.2, 0.25) is 0 Å². The Morgan fingerprint density at radius 2 is 2.11 bits per heavy atom. The molecule has 1 N–H and O–H groups in total. The highest BCUT2D eigenvalue weighted by Crippen LogP contribution is 2.21. The first kappa shape index (κ1) is 12.5. The molecule has 0 saturated carbocycles. The quantitative estimate of drug-likeness (QED) is 0.715. The predicted molar refractivity (Wildman–Crippen MR) is 75.1 cm³/mol. The Morgan fingerprint density at radius 3 is 2.84 bits per heavy atom. The molecule has 0 bridgehead atoms. The second-order valence-electron chi connectivity index (χ2n) is 4.22. The van der Waals surface area contributed by atoms with Crippen LogP contribution in [0.5, 0.6) is 0 Å². The molecule has 0 aliphatic heterocycles. The molecule has 0 radical (unpaired) electrons. The van der Waals surface area contributed by atoms with Crippen molar-refractivity contribution < 1.29 is 8.78 Å². The fourth-order valence-corrected chi connectivity index (χ4v) is 3.07. The third-order valence-electron chi connectivity index (χ3n) is 3.03. The summed E-state index contributed by atoms with van der Waals surface area (Å²) < 4.78 is 29.2. The smallest absolute Gasteiger partial charge is 0.184 e. The number of rotatable bonds is 3. The molecule has 0 amide bonds. The zero-order valence-corrected chi connectivity index (χ0v) is 11.5. The molecule has 1 aromatic carbocycles. The van der Waals surface area contributed by atoms with Gasteiger partial charge in [-0.1, -0.05) is 0 Å². The molecule has 3 aromatic rings. The molecule has 0 fully saturated rings. The van der Waals surface area contributed by atoms with Crippen molar-refractivity contribution >= 4 is 34.6 Å². The maximum Gasteiger partial charge on any atom is 0.184 e. The van der Waals surface area contributed by atoms with E-state index in [1.807, 2.05) is 16.8 Å². The van der Waals surface area contributed by atoms with E-state index >= 15 is 0 Å². The first-order valence-corrected chi connectivity index (χ1v) is 7.09. The number of benzene rings is 1. The Kier molecular flexibility index (Phi) is 3.20. The van der Waals surface area contributed by atoms with Crippen molar-refractivity contribution in [2.45, 2.75) is 13.0 Å². The van der Waals surface area contributed by atoms with E-state index in [4.69, 9.17) is 12.2 Å². The lowest BCUT2D eigenvalue weighted by Crippen LogP contribution is -2.02. The van der Waals surface area contributed by atoms with E-state index in [0.717, 1.165) is 18.1 Å². The normalized spacial score (nSPS) is 11.3. The SMILES string of the molecule is Fc1ccc2[nH]c(=S)n(CCc3ccsc3)c2c1F. The van der Waals surface area contributed by atoms with Crippen molar-refractivity contribution in [1.29, 1.82) is 0 Å². The molecular weight excluding hydrogens is 286 g/mol. The second kappa shape index (κ2) is 4.86. The van der Waals surface area contributed by atoms with E-state index in [9.17, 15) is 8.78 Å². The third kappa shape index (κ3) is 2.21. The van der Waals surface area contributed by atoms with E-state index in [0.29, 0.717) is 16.8 Å². The average Bonchev–Trinajstić information content (AvgIpc) is 2.99. The number of halogens is 2. The fraction of sp³-hybridized carbons (Fsp3) is 0.154. The second-order valence-corrected chi connectivity index (χ2v) is 5.39. The largest absolute Gasteiger partial charge is 0.330 e. The summed E-state index contributed by atoms with van der Waals surface area (Å²) in [5.74, 6) is -1.71. The Bertz CT molecular complexity index is 772. The number of H-pyrrole nitrogens is 1. The average molecular weight is 296 g/mol. The number of thiophene rings is 1. The Labute approximate surface area is 117 Å². The number of hydrogen-bond donors (Lipinski definition) is 1. The van der Waals surface area contributed by atoms with E-state index in [2.05, 4.69) is 4.98 Å². The zero-order chi connectivity index (χ0) is 13.4. The van der Waals surface area contributed by atoms with Gasteiger partial charge in [-0.05, 0) is 53.2 Å². The van der Waals surface area contributed by atoms with Gasteiger partial charge in [0.25, 0.3) is 0 Å². The van der Waals surface area contributed by atoms with Crippen molar-refractivity contribution in [3.8, 4) is 0 Å². The molecule has 2 aromatic heterocycles. The topological polar surface area (TPSA) is 20.7 Å². The van der Waals surface area contributed by atoms with Crippen molar-refractivity contribution in [3.05, 3.63) is 50.9 Å². The molecule has 6 heteroatoms. The van der Waals surface area contributed by atoms with Gasteiger partial charge in [-0.2, -0.15) is 11.3 Å². The van der Waals surface area contributed by atoms with Gasteiger partial charge in [-0.25, -0.2) is 8.78 Å². The summed E-state index contributed by atoms with van der Waals surface area (Å²) in [6.45, 7) is 0.524. The van der Waals surface area contributed by atoms with E-state index < -0.39 is 11.6 Å². The number of hydrogen-bond acceptors (Lipinski definition) is 2. The molecule has 3 rings (SSSR count). The van der Waals surface area contributed by atoms with Gasteiger partial charge in [0.15, 0.2) is 16.4 Å². The zero-order valence-electron chi connectivity index (χ0n) is 9.82. The molecule has 2 nitrogen and oxygen atoms in total. The van der Waals surface area contributed by atoms with Crippen LogP contribution in [0.25, 0.3) is 11.0 Å². The number of aromatic amines is 1. The Balaban J connectivity index is 2.05. The van der Waals surface area contributed by atoms with Crippen molar-refractivity contribution in [2.24, 2.45) is 0 Å². The number of imidazole rings is 1. The molecule has 0 unspecified atom stereocenters. The summed E-state index contributed by atoms with van der Waals surface area (Å²) >= 11 is 6.78. The molecular formula is C13H10F2N2S2. The molecule has 98 valence electrons. The first-order chi connectivity index (χ1) is 9.16. The maximum absolute atomic E-state index is 13.9. The predicted octanol–water partition coefficient (Wildman–Crippen LogP) is 4.28. The summed E-state index contributed by atoms with van der Waals surface area (Å²) in [4.78, 5) is 2.90. The minimum atomic E-state index is -0.856. The number of aryl methyl sites for hydroxylation is 2. The van der Waals surface area contributed by atoms with Gasteiger partial charge >= 0.3 is 0 Å². The third-order valence-corrected chi connectivity index (χ3v) is 4.08. The van der Waals surface area contributed by atoms with Crippen LogP contribution in [0.4, 0.5) is 8.78 Å². The lowest BCUT2D eigenvalue weighted by Gasteiger charge is -2.04. The van der Waals surface area contributed by atoms with Crippen LogP contribution in [0.1, 0.15) is 5.56 Å². The highest BCUT2D eigenvalue weighted by molar-refractivity contribution is 7.71. The van der Waals surface area contributed by atoms with Crippen molar-refractivity contribution in [2.75, 3.05) is 0 Å².